The van der Waals surface area contributed by atoms with E-state index in [1.54, 1.807) is 23.1 Å². The summed E-state index contributed by atoms with van der Waals surface area (Å²) < 4.78 is 30.7. The molecule has 0 bridgehead atoms. The SMILES string of the molecule is CS(=O)(=O)N1CCc2cc(C(=O)N3CCOc4ccccc43)ccc21. The van der Waals surface area contributed by atoms with Gasteiger partial charge in [0, 0.05) is 12.1 Å². The number of ether oxygens (including phenoxy) is 1. The fourth-order valence-corrected chi connectivity index (χ4v) is 4.34. The molecule has 2 aromatic rings. The van der Waals surface area contributed by atoms with Gasteiger partial charge >= 0.3 is 0 Å². The molecule has 0 aromatic heterocycles. The van der Waals surface area contributed by atoms with Crippen molar-refractivity contribution in [2.45, 2.75) is 6.42 Å². The van der Waals surface area contributed by atoms with E-state index in [9.17, 15) is 13.2 Å². The number of para-hydroxylation sites is 2. The number of carbonyl (C=O) groups is 1. The highest BCUT2D eigenvalue weighted by Gasteiger charge is 2.29. The second-order valence-corrected chi connectivity index (χ2v) is 8.11. The van der Waals surface area contributed by atoms with Gasteiger partial charge in [-0.05, 0) is 42.3 Å². The molecule has 2 aromatic carbocycles. The van der Waals surface area contributed by atoms with Gasteiger partial charge in [0.15, 0.2) is 0 Å². The Bertz CT molecular complexity index is 955. The minimum Gasteiger partial charge on any atom is -0.490 e. The third-order valence-electron chi connectivity index (χ3n) is 4.55. The normalized spacial score (nSPS) is 16.2. The maximum atomic E-state index is 13.0. The fraction of sp³-hybridized carbons (Fsp3) is 0.278. The van der Waals surface area contributed by atoms with E-state index in [-0.39, 0.29) is 5.91 Å². The van der Waals surface area contributed by atoms with Crippen molar-refractivity contribution >= 4 is 27.3 Å². The second-order valence-electron chi connectivity index (χ2n) is 6.20. The average molecular weight is 358 g/mol. The molecule has 2 aliphatic heterocycles. The van der Waals surface area contributed by atoms with Gasteiger partial charge in [-0.15, -0.1) is 0 Å². The molecule has 0 saturated carbocycles. The first-order valence-corrected chi connectivity index (χ1v) is 9.94. The minimum absolute atomic E-state index is 0.101. The van der Waals surface area contributed by atoms with Crippen LogP contribution in [-0.2, 0) is 16.4 Å². The van der Waals surface area contributed by atoms with Gasteiger partial charge in [0.05, 0.1) is 24.2 Å². The largest absolute Gasteiger partial charge is 0.490 e. The van der Waals surface area contributed by atoms with Crippen molar-refractivity contribution in [3.8, 4) is 5.75 Å². The molecule has 0 atom stereocenters. The van der Waals surface area contributed by atoms with Gasteiger partial charge in [0.25, 0.3) is 5.91 Å². The number of amides is 1. The molecule has 0 saturated heterocycles. The first-order valence-electron chi connectivity index (χ1n) is 8.09. The zero-order valence-corrected chi connectivity index (χ0v) is 14.6. The predicted molar refractivity (Wildman–Crippen MR) is 95.9 cm³/mol. The Morgan fingerprint density at radius 3 is 2.68 bits per heavy atom. The van der Waals surface area contributed by atoms with Crippen LogP contribution >= 0.6 is 0 Å². The zero-order chi connectivity index (χ0) is 17.6. The molecular formula is C18H18N2O4S. The van der Waals surface area contributed by atoms with Crippen LogP contribution in [0.25, 0.3) is 0 Å². The Labute approximate surface area is 146 Å². The molecule has 0 N–H and O–H groups in total. The lowest BCUT2D eigenvalue weighted by atomic mass is 10.1. The highest BCUT2D eigenvalue weighted by atomic mass is 32.2. The summed E-state index contributed by atoms with van der Waals surface area (Å²) in [6.45, 7) is 1.37. The highest BCUT2D eigenvalue weighted by molar-refractivity contribution is 7.92. The van der Waals surface area contributed by atoms with Crippen LogP contribution in [0, 0.1) is 0 Å². The number of anilines is 2. The van der Waals surface area contributed by atoms with E-state index in [0.29, 0.717) is 43.1 Å². The Morgan fingerprint density at radius 1 is 1.08 bits per heavy atom. The number of nitrogens with zero attached hydrogens (tertiary/aromatic N) is 2. The van der Waals surface area contributed by atoms with Gasteiger partial charge in [-0.25, -0.2) is 8.42 Å². The summed E-state index contributed by atoms with van der Waals surface area (Å²) in [6, 6.07) is 12.7. The van der Waals surface area contributed by atoms with Crippen LogP contribution < -0.4 is 13.9 Å². The molecule has 0 aliphatic carbocycles. The number of sulfonamides is 1. The Hall–Kier alpha value is -2.54. The molecule has 0 fully saturated rings. The van der Waals surface area contributed by atoms with Crippen molar-refractivity contribution in [2.75, 3.05) is 35.2 Å². The molecule has 6 nitrogen and oxygen atoms in total. The maximum absolute atomic E-state index is 13.0. The maximum Gasteiger partial charge on any atom is 0.258 e. The smallest absolute Gasteiger partial charge is 0.258 e. The van der Waals surface area contributed by atoms with Crippen LogP contribution in [0.3, 0.4) is 0 Å². The van der Waals surface area contributed by atoms with Crippen molar-refractivity contribution < 1.29 is 17.9 Å². The molecule has 130 valence electrons. The van der Waals surface area contributed by atoms with Crippen LogP contribution in [-0.4, -0.2) is 40.3 Å². The predicted octanol–water partition coefficient (Wildman–Crippen LogP) is 2.05. The first-order chi connectivity index (χ1) is 11.9. The van der Waals surface area contributed by atoms with Crippen molar-refractivity contribution in [1.29, 1.82) is 0 Å². The third-order valence-corrected chi connectivity index (χ3v) is 5.73. The van der Waals surface area contributed by atoms with E-state index in [1.165, 1.54) is 10.6 Å². The molecule has 1 amide bonds. The summed E-state index contributed by atoms with van der Waals surface area (Å²) in [6.07, 6.45) is 1.81. The lowest BCUT2D eigenvalue weighted by Crippen LogP contribution is -2.37. The van der Waals surface area contributed by atoms with Crippen LogP contribution in [0.4, 0.5) is 11.4 Å². The van der Waals surface area contributed by atoms with Gasteiger partial charge in [0.1, 0.15) is 12.4 Å². The van der Waals surface area contributed by atoms with E-state index in [4.69, 9.17) is 4.74 Å². The van der Waals surface area contributed by atoms with Gasteiger partial charge in [0.2, 0.25) is 10.0 Å². The molecule has 0 radical (unpaired) electrons. The van der Waals surface area contributed by atoms with Crippen LogP contribution in [0.2, 0.25) is 0 Å². The van der Waals surface area contributed by atoms with Crippen molar-refractivity contribution in [3.05, 3.63) is 53.6 Å². The molecule has 4 rings (SSSR count). The monoisotopic (exact) mass is 358 g/mol. The third kappa shape index (κ3) is 2.74. The summed E-state index contributed by atoms with van der Waals surface area (Å²) in [5.74, 6) is 0.600. The Balaban J connectivity index is 1.67. The summed E-state index contributed by atoms with van der Waals surface area (Å²) in [7, 11) is -3.29. The van der Waals surface area contributed by atoms with Crippen molar-refractivity contribution in [3.63, 3.8) is 0 Å². The number of carbonyl (C=O) groups excluding carboxylic acids is 1. The average Bonchev–Trinajstić information content (AvgIpc) is 3.04. The number of hydrogen-bond donors (Lipinski definition) is 0. The Morgan fingerprint density at radius 2 is 1.88 bits per heavy atom. The molecule has 0 unspecified atom stereocenters. The quantitative estimate of drug-likeness (QED) is 0.824. The van der Waals surface area contributed by atoms with Crippen LogP contribution in [0.5, 0.6) is 5.75 Å². The van der Waals surface area contributed by atoms with E-state index in [1.807, 2.05) is 24.3 Å². The molecule has 25 heavy (non-hydrogen) atoms. The number of benzene rings is 2. The van der Waals surface area contributed by atoms with Gasteiger partial charge in [-0.2, -0.15) is 0 Å². The molecule has 0 spiro atoms. The van der Waals surface area contributed by atoms with Gasteiger partial charge < -0.3 is 9.64 Å². The lowest BCUT2D eigenvalue weighted by Gasteiger charge is -2.29. The zero-order valence-electron chi connectivity index (χ0n) is 13.8. The minimum atomic E-state index is -3.29. The second kappa shape index (κ2) is 5.77. The summed E-state index contributed by atoms with van der Waals surface area (Å²) in [5.41, 5.74) is 2.88. The van der Waals surface area contributed by atoms with Crippen LogP contribution in [0.15, 0.2) is 42.5 Å². The fourth-order valence-electron chi connectivity index (χ4n) is 3.39. The summed E-state index contributed by atoms with van der Waals surface area (Å²) in [5, 5.41) is 0. The molecule has 2 aliphatic rings. The van der Waals surface area contributed by atoms with E-state index in [2.05, 4.69) is 0 Å². The summed E-state index contributed by atoms with van der Waals surface area (Å²) in [4.78, 5) is 14.7. The standard InChI is InChI=1S/C18H18N2O4S/c1-25(22,23)20-9-8-13-12-14(6-7-15(13)20)18(21)19-10-11-24-17-5-3-2-4-16(17)19/h2-7,12H,8-11H2,1H3. The number of hydrogen-bond acceptors (Lipinski definition) is 4. The van der Waals surface area contributed by atoms with Gasteiger partial charge in [-0.3, -0.25) is 9.10 Å². The van der Waals surface area contributed by atoms with Crippen molar-refractivity contribution in [1.82, 2.24) is 0 Å². The first kappa shape index (κ1) is 16.0. The Kier molecular flexibility index (Phi) is 3.68. The lowest BCUT2D eigenvalue weighted by molar-refractivity contribution is 0.0976. The van der Waals surface area contributed by atoms with Crippen LogP contribution in [0.1, 0.15) is 15.9 Å². The molecule has 2 heterocycles. The van der Waals surface area contributed by atoms with Crippen molar-refractivity contribution in [2.24, 2.45) is 0 Å². The highest BCUT2D eigenvalue weighted by Crippen LogP contribution is 2.34. The summed E-state index contributed by atoms with van der Waals surface area (Å²) >= 11 is 0. The van der Waals surface area contributed by atoms with E-state index >= 15 is 0 Å². The molecular weight excluding hydrogens is 340 g/mol. The topological polar surface area (TPSA) is 66.9 Å². The van der Waals surface area contributed by atoms with Gasteiger partial charge in [-0.1, -0.05) is 12.1 Å². The number of rotatable bonds is 2. The van der Waals surface area contributed by atoms with E-state index < -0.39 is 10.0 Å². The number of fused-ring (bicyclic) bond motifs is 2. The molecule has 7 heteroatoms. The van der Waals surface area contributed by atoms with E-state index in [0.717, 1.165) is 11.3 Å².